The summed E-state index contributed by atoms with van der Waals surface area (Å²) in [6.07, 6.45) is 0.815. The summed E-state index contributed by atoms with van der Waals surface area (Å²) < 4.78 is 16.5. The monoisotopic (exact) mass is 330 g/mol. The summed E-state index contributed by atoms with van der Waals surface area (Å²) in [7, 11) is 1.65. The Bertz CT molecular complexity index is 406. The largest absolute Gasteiger partial charge is 0.493 e. The van der Waals surface area contributed by atoms with Gasteiger partial charge in [-0.2, -0.15) is 0 Å². The van der Waals surface area contributed by atoms with E-state index >= 15 is 0 Å². The predicted octanol–water partition coefficient (Wildman–Crippen LogP) is 3.08. The van der Waals surface area contributed by atoms with Crippen molar-refractivity contribution in [2.45, 2.75) is 13.3 Å². The van der Waals surface area contributed by atoms with Crippen LogP contribution < -0.4 is 4.74 Å². The summed E-state index contributed by atoms with van der Waals surface area (Å²) in [5.74, 6) is 0.777. The maximum atomic E-state index is 11.3. The quantitative estimate of drug-likeness (QED) is 0.515. The summed E-state index contributed by atoms with van der Waals surface area (Å²) in [6, 6.07) is 5.37. The molecule has 0 fully saturated rings. The molecule has 0 bridgehead atoms. The topological polar surface area (TPSA) is 44.8 Å². The molecule has 0 aliphatic heterocycles. The molecule has 0 aliphatic carbocycles. The molecule has 0 aliphatic rings. The first-order valence-corrected chi connectivity index (χ1v) is 6.94. The Morgan fingerprint density at radius 1 is 1.21 bits per heavy atom. The highest BCUT2D eigenvalue weighted by Crippen LogP contribution is 2.23. The van der Waals surface area contributed by atoms with Crippen LogP contribution in [0.1, 0.15) is 23.7 Å². The van der Waals surface area contributed by atoms with Crippen LogP contribution in [0.25, 0.3) is 0 Å². The second-order valence-electron chi connectivity index (χ2n) is 4.01. The smallest absolute Gasteiger partial charge is 0.160 e. The molecule has 0 spiro atoms. The first kappa shape index (κ1) is 16.1. The number of rotatable bonds is 9. The van der Waals surface area contributed by atoms with Crippen LogP contribution in [0.4, 0.5) is 0 Å². The fraction of sp³-hybridized carbons (Fsp3) is 0.500. The van der Waals surface area contributed by atoms with Crippen molar-refractivity contribution in [3.05, 3.63) is 28.2 Å². The van der Waals surface area contributed by atoms with Crippen LogP contribution in [0, 0.1) is 0 Å². The van der Waals surface area contributed by atoms with Crippen molar-refractivity contribution in [3.8, 4) is 5.75 Å². The van der Waals surface area contributed by atoms with Crippen LogP contribution in [-0.2, 0) is 9.47 Å². The van der Waals surface area contributed by atoms with Gasteiger partial charge in [0.05, 0.1) is 19.8 Å². The van der Waals surface area contributed by atoms with E-state index in [9.17, 15) is 4.79 Å². The highest BCUT2D eigenvalue weighted by Gasteiger charge is 2.06. The van der Waals surface area contributed by atoms with Crippen molar-refractivity contribution in [3.63, 3.8) is 0 Å². The van der Waals surface area contributed by atoms with E-state index in [1.165, 1.54) is 6.92 Å². The molecule has 1 aromatic rings. The Morgan fingerprint density at radius 2 is 2.00 bits per heavy atom. The molecule has 0 atom stereocenters. The zero-order valence-corrected chi connectivity index (χ0v) is 12.9. The van der Waals surface area contributed by atoms with Crippen molar-refractivity contribution >= 4 is 21.7 Å². The first-order chi connectivity index (χ1) is 9.15. The molecule has 0 saturated carbocycles. The number of hydrogen-bond donors (Lipinski definition) is 0. The highest BCUT2D eigenvalue weighted by atomic mass is 79.9. The van der Waals surface area contributed by atoms with Crippen LogP contribution in [0.15, 0.2) is 22.7 Å². The lowest BCUT2D eigenvalue weighted by molar-refractivity contribution is 0.0644. The summed E-state index contributed by atoms with van der Waals surface area (Å²) >= 11 is 3.36. The number of benzene rings is 1. The predicted molar refractivity (Wildman–Crippen MR) is 77.0 cm³/mol. The van der Waals surface area contributed by atoms with Crippen LogP contribution in [0.2, 0.25) is 0 Å². The molecule has 0 saturated heterocycles. The maximum absolute atomic E-state index is 11.3. The van der Waals surface area contributed by atoms with Gasteiger partial charge in [0, 0.05) is 30.2 Å². The van der Waals surface area contributed by atoms with Crippen molar-refractivity contribution in [1.29, 1.82) is 0 Å². The van der Waals surface area contributed by atoms with E-state index in [1.807, 2.05) is 6.07 Å². The minimum Gasteiger partial charge on any atom is -0.493 e. The molecule has 106 valence electrons. The normalized spacial score (nSPS) is 10.5. The Balaban J connectivity index is 2.26. The second-order valence-corrected chi connectivity index (χ2v) is 4.86. The van der Waals surface area contributed by atoms with Gasteiger partial charge in [0.25, 0.3) is 0 Å². The number of ketones is 1. The molecular weight excluding hydrogens is 312 g/mol. The Kier molecular flexibility index (Phi) is 7.70. The Hall–Kier alpha value is -0.910. The molecule has 0 aromatic heterocycles. The van der Waals surface area contributed by atoms with Gasteiger partial charge in [0.2, 0.25) is 0 Å². The summed E-state index contributed by atoms with van der Waals surface area (Å²) in [5.41, 5.74) is 0.662. The third kappa shape index (κ3) is 6.18. The lowest BCUT2D eigenvalue weighted by atomic mass is 10.1. The Labute approximate surface area is 122 Å². The van der Waals surface area contributed by atoms with Crippen molar-refractivity contribution in [2.75, 3.05) is 33.5 Å². The van der Waals surface area contributed by atoms with E-state index in [-0.39, 0.29) is 5.78 Å². The molecular formula is C14H19BrO4. The van der Waals surface area contributed by atoms with Gasteiger partial charge in [-0.05, 0) is 41.1 Å². The molecule has 5 heteroatoms. The third-order valence-electron chi connectivity index (χ3n) is 2.45. The number of carbonyl (C=O) groups is 1. The van der Waals surface area contributed by atoms with E-state index in [2.05, 4.69) is 15.9 Å². The minimum atomic E-state index is 0.0324. The van der Waals surface area contributed by atoms with E-state index in [4.69, 9.17) is 14.2 Å². The average Bonchev–Trinajstić information content (AvgIpc) is 2.37. The zero-order valence-electron chi connectivity index (χ0n) is 11.3. The van der Waals surface area contributed by atoms with E-state index in [1.54, 1.807) is 19.2 Å². The van der Waals surface area contributed by atoms with Crippen LogP contribution in [0.5, 0.6) is 5.75 Å². The summed E-state index contributed by atoms with van der Waals surface area (Å²) in [4.78, 5) is 11.3. The van der Waals surface area contributed by atoms with Gasteiger partial charge < -0.3 is 14.2 Å². The third-order valence-corrected chi connectivity index (χ3v) is 3.11. The summed E-state index contributed by atoms with van der Waals surface area (Å²) in [6.45, 7) is 3.99. The van der Waals surface area contributed by atoms with E-state index in [0.29, 0.717) is 32.0 Å². The first-order valence-electron chi connectivity index (χ1n) is 6.15. The number of ether oxygens (including phenoxy) is 3. The van der Waals surface area contributed by atoms with Gasteiger partial charge in [-0.25, -0.2) is 0 Å². The molecule has 0 radical (unpaired) electrons. The zero-order chi connectivity index (χ0) is 14.1. The van der Waals surface area contributed by atoms with Crippen LogP contribution in [0.3, 0.4) is 0 Å². The molecule has 0 heterocycles. The van der Waals surface area contributed by atoms with Crippen LogP contribution >= 0.6 is 15.9 Å². The van der Waals surface area contributed by atoms with Gasteiger partial charge in [-0.1, -0.05) is 0 Å². The number of Topliss-reactive ketones (excluding diaryl/α,β-unsaturated/α-hetero) is 1. The van der Waals surface area contributed by atoms with Crippen molar-refractivity contribution < 1.29 is 19.0 Å². The van der Waals surface area contributed by atoms with Crippen molar-refractivity contribution in [1.82, 2.24) is 0 Å². The molecule has 0 amide bonds. The maximum Gasteiger partial charge on any atom is 0.160 e. The number of carbonyl (C=O) groups excluding carboxylic acids is 1. The molecule has 0 unspecified atom stereocenters. The fourth-order valence-electron chi connectivity index (χ4n) is 1.47. The van der Waals surface area contributed by atoms with Crippen molar-refractivity contribution in [2.24, 2.45) is 0 Å². The lowest BCUT2D eigenvalue weighted by Gasteiger charge is -2.08. The van der Waals surface area contributed by atoms with E-state index < -0.39 is 0 Å². The molecule has 0 N–H and O–H groups in total. The average molecular weight is 331 g/mol. The fourth-order valence-corrected chi connectivity index (χ4v) is 2.10. The lowest BCUT2D eigenvalue weighted by Crippen LogP contribution is -2.07. The van der Waals surface area contributed by atoms with Gasteiger partial charge in [0.15, 0.2) is 5.78 Å². The number of methoxy groups -OCH3 is 1. The summed E-state index contributed by atoms with van der Waals surface area (Å²) in [5, 5.41) is 0. The number of halogens is 1. The van der Waals surface area contributed by atoms with Gasteiger partial charge >= 0.3 is 0 Å². The second kappa shape index (κ2) is 9.07. The minimum absolute atomic E-state index is 0.0324. The molecule has 4 nitrogen and oxygen atoms in total. The van der Waals surface area contributed by atoms with Gasteiger partial charge in [-0.15, -0.1) is 0 Å². The van der Waals surface area contributed by atoms with Gasteiger partial charge in [-0.3, -0.25) is 4.79 Å². The molecule has 1 aromatic carbocycles. The number of hydrogen-bond acceptors (Lipinski definition) is 4. The highest BCUT2D eigenvalue weighted by molar-refractivity contribution is 9.10. The Morgan fingerprint density at radius 3 is 2.63 bits per heavy atom. The SMILES string of the molecule is COCCOCCCOc1ccc(C(C)=O)c(Br)c1. The standard InChI is InChI=1S/C14H19BrO4/c1-11(16)13-5-4-12(10-14(13)15)19-7-3-6-18-9-8-17-2/h4-5,10H,3,6-9H2,1-2H3. The molecule has 19 heavy (non-hydrogen) atoms. The van der Waals surface area contributed by atoms with E-state index in [0.717, 1.165) is 16.6 Å². The van der Waals surface area contributed by atoms with Crippen LogP contribution in [-0.4, -0.2) is 39.3 Å². The molecule has 1 rings (SSSR count). The van der Waals surface area contributed by atoms with Gasteiger partial charge in [0.1, 0.15) is 5.75 Å².